The Morgan fingerprint density at radius 3 is 2.90 bits per heavy atom. The molecule has 1 saturated carbocycles. The van der Waals surface area contributed by atoms with Crippen LogP contribution in [0.4, 0.5) is 5.82 Å². The molecule has 4 nitrogen and oxygen atoms in total. The Kier molecular flexibility index (Phi) is 3.92. The van der Waals surface area contributed by atoms with E-state index in [9.17, 15) is 0 Å². The fraction of sp³-hybridized carbons (Fsp3) is 0.467. The molecular weight excluding hydrogens is 274 g/mol. The van der Waals surface area contributed by atoms with Crippen LogP contribution in [0.15, 0.2) is 28.9 Å². The molecule has 1 fully saturated rings. The molecule has 0 bridgehead atoms. The third kappa shape index (κ3) is 3.12. The third-order valence-electron chi connectivity index (χ3n) is 3.39. The van der Waals surface area contributed by atoms with E-state index in [-0.39, 0.29) is 0 Å². The van der Waals surface area contributed by atoms with E-state index in [1.165, 1.54) is 12.8 Å². The maximum absolute atomic E-state index is 6.14. The zero-order valence-electron chi connectivity index (χ0n) is 11.6. The van der Waals surface area contributed by atoms with Crippen molar-refractivity contribution in [2.75, 3.05) is 4.90 Å². The molecule has 0 aromatic carbocycles. The Bertz CT molecular complexity index is 567. The fourth-order valence-electron chi connectivity index (χ4n) is 2.29. The highest BCUT2D eigenvalue weighted by Crippen LogP contribution is 2.33. The van der Waals surface area contributed by atoms with E-state index in [0.717, 1.165) is 36.8 Å². The Hall–Kier alpha value is -1.55. The number of halogens is 1. The maximum atomic E-state index is 6.14. The van der Waals surface area contributed by atoms with Gasteiger partial charge in [0.25, 0.3) is 0 Å². The Morgan fingerprint density at radius 1 is 1.40 bits per heavy atom. The van der Waals surface area contributed by atoms with Gasteiger partial charge in [0.1, 0.15) is 22.6 Å². The van der Waals surface area contributed by atoms with Gasteiger partial charge in [0, 0.05) is 18.5 Å². The van der Waals surface area contributed by atoms with Crippen molar-refractivity contribution < 1.29 is 4.42 Å². The van der Waals surface area contributed by atoms with Crippen LogP contribution >= 0.6 is 11.6 Å². The molecule has 0 N–H and O–H groups in total. The van der Waals surface area contributed by atoms with Crippen molar-refractivity contribution in [2.45, 2.75) is 45.2 Å². The highest BCUT2D eigenvalue weighted by molar-refractivity contribution is 6.29. The molecule has 0 radical (unpaired) electrons. The second-order valence-corrected chi connectivity index (χ2v) is 5.54. The Morgan fingerprint density at radius 2 is 2.25 bits per heavy atom. The summed E-state index contributed by atoms with van der Waals surface area (Å²) < 4.78 is 5.45. The summed E-state index contributed by atoms with van der Waals surface area (Å²) in [5, 5.41) is 0.517. The largest absolute Gasteiger partial charge is 0.467 e. The molecule has 0 atom stereocenters. The van der Waals surface area contributed by atoms with Gasteiger partial charge in [-0.1, -0.05) is 18.5 Å². The molecular formula is C15H18ClN3O. The quantitative estimate of drug-likeness (QED) is 0.758. The fourth-order valence-corrected chi connectivity index (χ4v) is 2.48. The zero-order valence-corrected chi connectivity index (χ0v) is 12.3. The molecule has 0 unspecified atom stereocenters. The molecule has 1 aliphatic rings. The molecule has 2 heterocycles. The highest BCUT2D eigenvalue weighted by Gasteiger charge is 2.31. The summed E-state index contributed by atoms with van der Waals surface area (Å²) >= 11 is 6.14. The number of anilines is 1. The lowest BCUT2D eigenvalue weighted by molar-refractivity contribution is 0.500. The van der Waals surface area contributed by atoms with Gasteiger partial charge in [-0.05, 0) is 31.4 Å². The van der Waals surface area contributed by atoms with Crippen LogP contribution in [0.1, 0.15) is 37.8 Å². The van der Waals surface area contributed by atoms with Gasteiger partial charge in [-0.15, -0.1) is 0 Å². The van der Waals surface area contributed by atoms with Crippen molar-refractivity contribution in [2.24, 2.45) is 0 Å². The smallest absolute Gasteiger partial charge is 0.134 e. The minimum absolute atomic E-state index is 0.517. The molecule has 0 amide bonds. The van der Waals surface area contributed by atoms with Gasteiger partial charge in [0.15, 0.2) is 0 Å². The van der Waals surface area contributed by atoms with Crippen molar-refractivity contribution in [3.05, 3.63) is 41.2 Å². The van der Waals surface area contributed by atoms with Crippen LogP contribution in [0.3, 0.4) is 0 Å². The first-order valence-electron chi connectivity index (χ1n) is 7.08. The molecule has 5 heteroatoms. The van der Waals surface area contributed by atoms with E-state index in [0.29, 0.717) is 11.2 Å². The minimum Gasteiger partial charge on any atom is -0.467 e. The van der Waals surface area contributed by atoms with Gasteiger partial charge in [-0.25, -0.2) is 9.97 Å². The zero-order chi connectivity index (χ0) is 13.9. The molecule has 0 aliphatic heterocycles. The molecule has 2 aromatic heterocycles. The number of hydrogen-bond donors (Lipinski definition) is 0. The lowest BCUT2D eigenvalue weighted by atomic mass is 10.3. The average molecular weight is 292 g/mol. The number of aryl methyl sites for hydroxylation is 1. The number of aromatic nitrogens is 2. The second kappa shape index (κ2) is 5.83. The van der Waals surface area contributed by atoms with Crippen LogP contribution in [0, 0.1) is 0 Å². The molecule has 0 spiro atoms. The van der Waals surface area contributed by atoms with Gasteiger partial charge in [0.2, 0.25) is 0 Å². The minimum atomic E-state index is 0.517. The van der Waals surface area contributed by atoms with Gasteiger partial charge in [-0.3, -0.25) is 0 Å². The normalized spacial score (nSPS) is 14.5. The van der Waals surface area contributed by atoms with Crippen molar-refractivity contribution in [3.63, 3.8) is 0 Å². The summed E-state index contributed by atoms with van der Waals surface area (Å²) in [5.41, 5.74) is 0. The van der Waals surface area contributed by atoms with Crippen LogP contribution in [-0.2, 0) is 13.0 Å². The van der Waals surface area contributed by atoms with E-state index in [1.807, 2.05) is 18.2 Å². The topological polar surface area (TPSA) is 42.2 Å². The monoisotopic (exact) mass is 291 g/mol. The molecule has 2 aromatic rings. The first kappa shape index (κ1) is 13.4. The summed E-state index contributed by atoms with van der Waals surface area (Å²) in [6.45, 7) is 2.85. The van der Waals surface area contributed by atoms with E-state index in [4.69, 9.17) is 16.0 Å². The predicted molar refractivity (Wildman–Crippen MR) is 79.0 cm³/mol. The second-order valence-electron chi connectivity index (χ2n) is 5.15. The molecule has 106 valence electrons. The summed E-state index contributed by atoms with van der Waals surface area (Å²) in [6.07, 6.45) is 5.97. The van der Waals surface area contributed by atoms with E-state index < -0.39 is 0 Å². The Balaban J connectivity index is 1.86. The van der Waals surface area contributed by atoms with E-state index in [1.54, 1.807) is 6.26 Å². The summed E-state index contributed by atoms with van der Waals surface area (Å²) in [4.78, 5) is 11.2. The van der Waals surface area contributed by atoms with Crippen molar-refractivity contribution in [1.29, 1.82) is 0 Å². The van der Waals surface area contributed by atoms with Crippen molar-refractivity contribution >= 4 is 17.4 Å². The SMILES string of the molecule is CCCc1nc(Cl)cc(N(Cc2ccco2)C2CC2)n1. The van der Waals surface area contributed by atoms with Crippen LogP contribution in [0.25, 0.3) is 0 Å². The van der Waals surface area contributed by atoms with Gasteiger partial charge >= 0.3 is 0 Å². The number of nitrogens with zero attached hydrogens (tertiary/aromatic N) is 3. The van der Waals surface area contributed by atoms with Crippen LogP contribution in [0.2, 0.25) is 5.15 Å². The van der Waals surface area contributed by atoms with Gasteiger partial charge < -0.3 is 9.32 Å². The third-order valence-corrected chi connectivity index (χ3v) is 3.58. The average Bonchev–Trinajstić information content (AvgIpc) is 3.12. The van der Waals surface area contributed by atoms with Gasteiger partial charge in [0.05, 0.1) is 12.8 Å². The van der Waals surface area contributed by atoms with E-state index in [2.05, 4.69) is 21.8 Å². The van der Waals surface area contributed by atoms with Gasteiger partial charge in [-0.2, -0.15) is 0 Å². The van der Waals surface area contributed by atoms with Crippen LogP contribution in [-0.4, -0.2) is 16.0 Å². The first-order chi connectivity index (χ1) is 9.76. The maximum Gasteiger partial charge on any atom is 0.134 e. The lowest BCUT2D eigenvalue weighted by Crippen LogP contribution is -2.26. The first-order valence-corrected chi connectivity index (χ1v) is 7.46. The lowest BCUT2D eigenvalue weighted by Gasteiger charge is -2.23. The van der Waals surface area contributed by atoms with Crippen molar-refractivity contribution in [3.8, 4) is 0 Å². The molecule has 20 heavy (non-hydrogen) atoms. The molecule has 3 rings (SSSR count). The summed E-state index contributed by atoms with van der Waals surface area (Å²) in [7, 11) is 0. The van der Waals surface area contributed by atoms with E-state index >= 15 is 0 Å². The number of rotatable bonds is 6. The highest BCUT2D eigenvalue weighted by atomic mass is 35.5. The van der Waals surface area contributed by atoms with Crippen molar-refractivity contribution in [1.82, 2.24) is 9.97 Å². The summed E-state index contributed by atoms with van der Waals surface area (Å²) in [6, 6.07) is 6.30. The molecule has 0 saturated heterocycles. The predicted octanol–water partition coefficient (Wildman–Crippen LogP) is 3.84. The Labute approximate surface area is 123 Å². The van der Waals surface area contributed by atoms with Crippen LogP contribution < -0.4 is 4.90 Å². The summed E-state index contributed by atoms with van der Waals surface area (Å²) in [5.74, 6) is 2.68. The van der Waals surface area contributed by atoms with Crippen LogP contribution in [0.5, 0.6) is 0 Å². The number of furan rings is 1. The standard InChI is InChI=1S/C15H18ClN3O/c1-2-4-14-17-13(16)9-15(18-14)19(11-6-7-11)10-12-5-3-8-20-12/h3,5,8-9,11H,2,4,6-7,10H2,1H3. The molecule has 1 aliphatic carbocycles. The number of hydrogen-bond acceptors (Lipinski definition) is 4.